The first-order chi connectivity index (χ1) is 23.5. The summed E-state index contributed by atoms with van der Waals surface area (Å²) in [7, 11) is 0. The summed E-state index contributed by atoms with van der Waals surface area (Å²) in [5, 5.41) is 9.88. The number of hydrogen-bond donors (Lipinski definition) is 2. The van der Waals surface area contributed by atoms with Crippen LogP contribution in [0.2, 0.25) is 0 Å². The number of nitrogens with one attached hydrogen (secondary N) is 2. The van der Waals surface area contributed by atoms with Gasteiger partial charge < -0.3 is 24.9 Å². The highest BCUT2D eigenvalue weighted by atomic mass is 32.2. The van der Waals surface area contributed by atoms with E-state index < -0.39 is 53.5 Å². The number of esters is 2. The van der Waals surface area contributed by atoms with Gasteiger partial charge in [-0.05, 0) is 37.5 Å². The second kappa shape index (κ2) is 15.3. The molecule has 2 N–H and O–H groups in total. The molecule has 2 aliphatic heterocycles. The lowest BCUT2D eigenvalue weighted by molar-refractivity contribution is -0.160. The molecule has 1 unspecified atom stereocenters. The van der Waals surface area contributed by atoms with Crippen molar-refractivity contribution >= 4 is 64.1 Å². The summed E-state index contributed by atoms with van der Waals surface area (Å²) >= 11 is 2.36. The van der Waals surface area contributed by atoms with Crippen molar-refractivity contribution in [1.29, 1.82) is 0 Å². The lowest BCUT2D eigenvalue weighted by Crippen LogP contribution is -2.71. The molecule has 13 nitrogen and oxygen atoms in total. The number of fused-ring (bicyclic) bond motifs is 1. The Labute approximate surface area is 290 Å². The average molecular weight is 704 g/mol. The number of allylic oxidation sites excluding steroid dienone is 1. The molecule has 0 radical (unpaired) electrons. The molecule has 0 bridgehead atoms. The number of oxime groups is 1. The van der Waals surface area contributed by atoms with Crippen molar-refractivity contribution in [2.24, 2.45) is 5.16 Å². The van der Waals surface area contributed by atoms with E-state index in [1.165, 1.54) is 28.1 Å². The number of rotatable bonds is 13. The van der Waals surface area contributed by atoms with Crippen molar-refractivity contribution in [3.8, 4) is 0 Å². The molecule has 1 fully saturated rings. The van der Waals surface area contributed by atoms with Crippen LogP contribution < -0.4 is 10.6 Å². The van der Waals surface area contributed by atoms with Crippen LogP contribution in [0.5, 0.6) is 0 Å². The summed E-state index contributed by atoms with van der Waals surface area (Å²) in [5.74, 6) is -2.49. The highest BCUT2D eigenvalue weighted by Gasteiger charge is 2.54. The van der Waals surface area contributed by atoms with Gasteiger partial charge in [-0.15, -0.1) is 23.1 Å². The molecule has 0 spiro atoms. The summed E-state index contributed by atoms with van der Waals surface area (Å²) in [4.78, 5) is 74.8. The Morgan fingerprint density at radius 1 is 1.10 bits per heavy atom. The maximum Gasteiger partial charge on any atom is 0.356 e. The number of carbonyl (C=O) groups excluding carboxylic acids is 5. The SMILES string of the molecule is C=CC1=C(C(=O)OC(c2ccccc2)c2ccccc2)N2C(=O)C(NC(=O)/C(=N/OCC(=O)OC(C)(C)C)c3csc(NC=O)n3)[C@H]2SC1. The molecule has 2 aliphatic rings. The van der Waals surface area contributed by atoms with E-state index in [1.54, 1.807) is 20.8 Å². The Kier molecular flexibility index (Phi) is 10.9. The third kappa shape index (κ3) is 8.24. The first kappa shape index (κ1) is 35.0. The van der Waals surface area contributed by atoms with Gasteiger partial charge >= 0.3 is 11.9 Å². The minimum atomic E-state index is -1.05. The molecule has 5 rings (SSSR count). The lowest BCUT2D eigenvalue weighted by Gasteiger charge is -2.49. The molecule has 0 saturated carbocycles. The van der Waals surface area contributed by atoms with Gasteiger partial charge in [-0.1, -0.05) is 78.5 Å². The molecule has 49 heavy (non-hydrogen) atoms. The van der Waals surface area contributed by atoms with Crippen LogP contribution in [0.3, 0.4) is 0 Å². The minimum Gasteiger partial charge on any atom is -0.457 e. The van der Waals surface area contributed by atoms with E-state index in [0.29, 0.717) is 17.7 Å². The van der Waals surface area contributed by atoms with Gasteiger partial charge in [-0.2, -0.15) is 0 Å². The van der Waals surface area contributed by atoms with E-state index in [0.717, 1.165) is 22.5 Å². The molecule has 2 atom stereocenters. The first-order valence-electron chi connectivity index (χ1n) is 15.0. The molecule has 0 aliphatic carbocycles. The van der Waals surface area contributed by atoms with Gasteiger partial charge in [0, 0.05) is 11.1 Å². The lowest BCUT2D eigenvalue weighted by atomic mass is 10.0. The third-order valence-electron chi connectivity index (χ3n) is 7.06. The van der Waals surface area contributed by atoms with Crippen LogP contribution in [0, 0.1) is 0 Å². The van der Waals surface area contributed by atoms with E-state index in [2.05, 4.69) is 27.4 Å². The first-order valence-corrected chi connectivity index (χ1v) is 16.9. The number of amides is 3. The fourth-order valence-corrected chi connectivity index (χ4v) is 6.96. The fourth-order valence-electron chi connectivity index (χ4n) is 4.97. The molecule has 1 saturated heterocycles. The van der Waals surface area contributed by atoms with Crippen LogP contribution in [-0.4, -0.2) is 75.1 Å². The number of hydrogen-bond acceptors (Lipinski definition) is 12. The number of aromatic nitrogens is 1. The Morgan fingerprint density at radius 3 is 2.35 bits per heavy atom. The van der Waals surface area contributed by atoms with Gasteiger partial charge in [0.25, 0.3) is 11.8 Å². The molecule has 15 heteroatoms. The molecule has 3 aromatic rings. The second-order valence-corrected chi connectivity index (χ2v) is 13.6. The summed E-state index contributed by atoms with van der Waals surface area (Å²) in [5.41, 5.74) is 0.975. The van der Waals surface area contributed by atoms with E-state index in [1.807, 2.05) is 60.7 Å². The summed E-state index contributed by atoms with van der Waals surface area (Å²) in [6.45, 7) is 8.31. The number of ether oxygens (including phenoxy) is 2. The van der Waals surface area contributed by atoms with Crippen LogP contribution in [-0.2, 0) is 38.3 Å². The van der Waals surface area contributed by atoms with Gasteiger partial charge in [0.05, 0.1) is 0 Å². The van der Waals surface area contributed by atoms with E-state index in [9.17, 15) is 24.0 Å². The predicted octanol–water partition coefficient (Wildman–Crippen LogP) is 3.95. The number of anilines is 1. The second-order valence-electron chi connectivity index (χ2n) is 11.6. The Bertz CT molecular complexity index is 1760. The van der Waals surface area contributed by atoms with Crippen LogP contribution in [0.1, 0.15) is 43.7 Å². The predicted molar refractivity (Wildman–Crippen MR) is 183 cm³/mol. The van der Waals surface area contributed by atoms with Gasteiger partial charge in [0.2, 0.25) is 13.0 Å². The smallest absolute Gasteiger partial charge is 0.356 e. The Balaban J connectivity index is 1.35. The largest absolute Gasteiger partial charge is 0.457 e. The van der Waals surface area contributed by atoms with E-state index >= 15 is 0 Å². The fraction of sp³-hybridized carbons (Fsp3) is 0.265. The quantitative estimate of drug-likeness (QED) is 0.0876. The summed E-state index contributed by atoms with van der Waals surface area (Å²) in [6, 6.07) is 17.5. The number of thiazole rings is 1. The third-order valence-corrected chi connectivity index (χ3v) is 9.13. The number of nitrogens with zero attached hydrogens (tertiary/aromatic N) is 3. The topological polar surface area (TPSA) is 166 Å². The standard InChI is InChI=1S/C34H33N5O8S2/c1-5-20-17-48-31-26(37-29(42)25(23-18-49-33(36-23)35-19-40)38-45-16-24(41)47-34(2,3)4)30(43)39(31)27(20)32(44)46-28(21-12-8-6-9-13-21)22-14-10-7-11-15-22/h5-15,18-19,26,28,31H,1,16-17H2,2-4H3,(H,37,42)(H,35,36,40)/b38-25+/t26?,31-/m1/s1. The average Bonchev–Trinajstić information content (AvgIpc) is 3.55. The maximum atomic E-state index is 13.9. The molecule has 1 aromatic heterocycles. The molecular formula is C34H33N5O8S2. The number of benzene rings is 2. The van der Waals surface area contributed by atoms with Crippen LogP contribution in [0.25, 0.3) is 0 Å². The van der Waals surface area contributed by atoms with E-state index in [4.69, 9.17) is 14.3 Å². The van der Waals surface area contributed by atoms with Crippen LogP contribution >= 0.6 is 23.1 Å². The van der Waals surface area contributed by atoms with Crippen molar-refractivity contribution in [1.82, 2.24) is 15.2 Å². The van der Waals surface area contributed by atoms with Gasteiger partial charge in [0.1, 0.15) is 28.4 Å². The maximum absolute atomic E-state index is 13.9. The molecule has 3 heterocycles. The van der Waals surface area contributed by atoms with Crippen molar-refractivity contribution in [3.05, 3.63) is 107 Å². The molecule has 3 amide bonds. The van der Waals surface area contributed by atoms with Gasteiger partial charge in [-0.3, -0.25) is 19.3 Å². The van der Waals surface area contributed by atoms with E-state index in [-0.39, 0.29) is 22.2 Å². The number of thioether (sulfide) groups is 1. The van der Waals surface area contributed by atoms with Crippen molar-refractivity contribution < 1.29 is 38.3 Å². The molecular weight excluding hydrogens is 671 g/mol. The van der Waals surface area contributed by atoms with Crippen molar-refractivity contribution in [2.45, 2.75) is 43.9 Å². The Hall–Kier alpha value is -5.28. The van der Waals surface area contributed by atoms with Crippen LogP contribution in [0.4, 0.5) is 5.13 Å². The van der Waals surface area contributed by atoms with Crippen LogP contribution in [0.15, 0.2) is 95.1 Å². The molecule has 2 aromatic carbocycles. The highest BCUT2D eigenvalue weighted by Crippen LogP contribution is 2.42. The normalized spacial score (nSPS) is 17.4. The monoisotopic (exact) mass is 703 g/mol. The number of carbonyl (C=O) groups is 5. The number of β-lactam (4-membered cyclic amide) rings is 1. The summed E-state index contributed by atoms with van der Waals surface area (Å²) < 4.78 is 11.3. The zero-order chi connectivity index (χ0) is 35.1. The molecule has 254 valence electrons. The Morgan fingerprint density at radius 2 is 1.76 bits per heavy atom. The zero-order valence-corrected chi connectivity index (χ0v) is 28.4. The van der Waals surface area contributed by atoms with Crippen molar-refractivity contribution in [2.75, 3.05) is 17.7 Å². The highest BCUT2D eigenvalue weighted by molar-refractivity contribution is 8.00. The van der Waals surface area contributed by atoms with Gasteiger partial charge in [-0.25, -0.2) is 14.6 Å². The minimum absolute atomic E-state index is 0.0296. The van der Waals surface area contributed by atoms with Crippen molar-refractivity contribution in [3.63, 3.8) is 0 Å². The summed E-state index contributed by atoms with van der Waals surface area (Å²) in [6.07, 6.45) is 1.19. The zero-order valence-electron chi connectivity index (χ0n) is 26.8. The van der Waals surface area contributed by atoms with Gasteiger partial charge in [0.15, 0.2) is 16.9 Å².